The summed E-state index contributed by atoms with van der Waals surface area (Å²) < 4.78 is 12.5. The van der Waals surface area contributed by atoms with E-state index in [9.17, 15) is 9.59 Å². The Balaban J connectivity index is 1.50. The van der Waals surface area contributed by atoms with E-state index in [0.29, 0.717) is 53.7 Å². The lowest BCUT2D eigenvalue weighted by atomic mass is 9.92. The van der Waals surface area contributed by atoms with Crippen LogP contribution >= 0.6 is 0 Å². The van der Waals surface area contributed by atoms with E-state index in [4.69, 9.17) is 14.6 Å². The van der Waals surface area contributed by atoms with Crippen molar-refractivity contribution in [3.05, 3.63) is 90.4 Å². The number of carbonyl (C=O) groups is 2. The van der Waals surface area contributed by atoms with Gasteiger partial charge in [-0.05, 0) is 55.0 Å². The van der Waals surface area contributed by atoms with Crippen LogP contribution in [0.5, 0.6) is 11.5 Å². The second kappa shape index (κ2) is 12.4. The molecule has 202 valence electrons. The highest BCUT2D eigenvalue weighted by Crippen LogP contribution is 2.27. The van der Waals surface area contributed by atoms with Crippen molar-refractivity contribution in [1.82, 2.24) is 14.8 Å². The largest absolute Gasteiger partial charge is 0.457 e. The van der Waals surface area contributed by atoms with Crippen molar-refractivity contribution in [2.75, 3.05) is 24.4 Å². The molecule has 0 saturated heterocycles. The number of Topliss-reactive ketones (excluding diaryl/α,β-unsaturated/α-hetero) is 1. The van der Waals surface area contributed by atoms with Crippen LogP contribution in [0, 0.1) is 0 Å². The Morgan fingerprint density at radius 3 is 2.33 bits per heavy atom. The molecular formula is C30H33N5O4. The molecule has 9 nitrogen and oxygen atoms in total. The standard InChI is InChI=1S/C30H33N5O4/c1-30(2,3)27-20-28(35(34-27)23-8-5-7-21(19-23)26(36)9-6-18-38-4)33-29(37)32-22-10-12-24(13-11-22)39-25-14-16-31-17-15-25/h5,7-8,10-17,19-20H,6,9,18H2,1-4H3,(H2,32,33,37). The first-order valence-corrected chi connectivity index (χ1v) is 12.7. The van der Waals surface area contributed by atoms with Gasteiger partial charge in [-0.2, -0.15) is 5.10 Å². The number of urea groups is 1. The highest BCUT2D eigenvalue weighted by atomic mass is 16.5. The van der Waals surface area contributed by atoms with Crippen LogP contribution in [0.2, 0.25) is 0 Å². The summed E-state index contributed by atoms with van der Waals surface area (Å²) in [6.45, 7) is 6.68. The molecule has 2 N–H and O–H groups in total. The number of ether oxygens (including phenoxy) is 2. The molecular weight excluding hydrogens is 494 g/mol. The van der Waals surface area contributed by atoms with Crippen LogP contribution in [0.1, 0.15) is 49.7 Å². The number of pyridine rings is 1. The van der Waals surface area contributed by atoms with Crippen LogP contribution in [0.3, 0.4) is 0 Å². The fourth-order valence-corrected chi connectivity index (χ4v) is 3.79. The molecule has 0 unspecified atom stereocenters. The number of rotatable bonds is 10. The van der Waals surface area contributed by atoms with Gasteiger partial charge in [0.2, 0.25) is 0 Å². The molecule has 39 heavy (non-hydrogen) atoms. The SMILES string of the molecule is COCCCC(=O)c1cccc(-n2nc(C(C)(C)C)cc2NC(=O)Nc2ccc(Oc3ccncc3)cc2)c1. The van der Waals surface area contributed by atoms with Gasteiger partial charge in [-0.15, -0.1) is 0 Å². The van der Waals surface area contributed by atoms with Crippen LogP contribution in [0.15, 0.2) is 79.1 Å². The van der Waals surface area contributed by atoms with E-state index < -0.39 is 6.03 Å². The number of hydrogen-bond acceptors (Lipinski definition) is 6. The Morgan fingerprint density at radius 1 is 0.923 bits per heavy atom. The number of nitrogens with one attached hydrogen (secondary N) is 2. The molecule has 0 aliphatic rings. The average Bonchev–Trinajstić information content (AvgIpc) is 3.35. The first kappa shape index (κ1) is 27.5. The maximum atomic E-state index is 13.0. The second-order valence-electron chi connectivity index (χ2n) is 10.0. The lowest BCUT2D eigenvalue weighted by Gasteiger charge is -2.14. The summed E-state index contributed by atoms with van der Waals surface area (Å²) >= 11 is 0. The van der Waals surface area contributed by atoms with E-state index >= 15 is 0 Å². The molecule has 4 aromatic rings. The van der Waals surface area contributed by atoms with Crippen LogP contribution in [0.25, 0.3) is 5.69 Å². The van der Waals surface area contributed by atoms with Gasteiger partial charge in [0.1, 0.15) is 17.3 Å². The number of benzene rings is 2. The van der Waals surface area contributed by atoms with Crippen LogP contribution in [-0.2, 0) is 10.2 Å². The van der Waals surface area contributed by atoms with Crippen molar-refractivity contribution in [1.29, 1.82) is 0 Å². The maximum Gasteiger partial charge on any atom is 0.324 e. The van der Waals surface area contributed by atoms with Gasteiger partial charge in [-0.1, -0.05) is 32.9 Å². The highest BCUT2D eigenvalue weighted by molar-refractivity contribution is 5.99. The summed E-state index contributed by atoms with van der Waals surface area (Å²) in [6.07, 6.45) is 4.36. The van der Waals surface area contributed by atoms with Crippen LogP contribution in [0.4, 0.5) is 16.3 Å². The first-order chi connectivity index (χ1) is 18.7. The summed E-state index contributed by atoms with van der Waals surface area (Å²) in [5, 5.41) is 10.5. The minimum Gasteiger partial charge on any atom is -0.457 e. The van der Waals surface area contributed by atoms with Crippen LogP contribution in [-0.4, -0.2) is 40.3 Å². The van der Waals surface area contributed by atoms with Crippen molar-refractivity contribution in [2.24, 2.45) is 0 Å². The normalized spacial score (nSPS) is 11.2. The fourth-order valence-electron chi connectivity index (χ4n) is 3.79. The Labute approximate surface area is 228 Å². The Kier molecular flexibility index (Phi) is 8.73. The molecule has 0 spiro atoms. The van der Waals surface area contributed by atoms with Gasteiger partial charge in [0.05, 0.1) is 11.4 Å². The van der Waals surface area contributed by atoms with Crippen molar-refractivity contribution < 1.29 is 19.1 Å². The maximum absolute atomic E-state index is 13.0. The number of aromatic nitrogens is 3. The molecule has 0 aliphatic carbocycles. The molecule has 0 saturated carbocycles. The van der Waals surface area contributed by atoms with Crippen molar-refractivity contribution in [2.45, 2.75) is 39.0 Å². The zero-order valence-corrected chi connectivity index (χ0v) is 22.6. The summed E-state index contributed by atoms with van der Waals surface area (Å²) in [7, 11) is 1.62. The van der Waals surface area contributed by atoms with Crippen molar-refractivity contribution in [3.8, 4) is 17.2 Å². The monoisotopic (exact) mass is 527 g/mol. The number of hydrogen-bond donors (Lipinski definition) is 2. The number of methoxy groups -OCH3 is 1. The Hall–Kier alpha value is -4.50. The van der Waals surface area contributed by atoms with Gasteiger partial charge in [-0.3, -0.25) is 15.1 Å². The van der Waals surface area contributed by atoms with Crippen molar-refractivity contribution in [3.63, 3.8) is 0 Å². The molecule has 0 aliphatic heterocycles. The van der Waals surface area contributed by atoms with Gasteiger partial charge in [0.15, 0.2) is 5.78 Å². The van der Waals surface area contributed by atoms with Gasteiger partial charge in [0.25, 0.3) is 0 Å². The summed E-state index contributed by atoms with van der Waals surface area (Å²) in [4.78, 5) is 29.6. The third-order valence-corrected chi connectivity index (χ3v) is 5.88. The number of anilines is 2. The minimum absolute atomic E-state index is 0.0284. The molecule has 2 aromatic heterocycles. The van der Waals surface area contributed by atoms with E-state index in [0.717, 1.165) is 5.69 Å². The lowest BCUT2D eigenvalue weighted by Crippen LogP contribution is -2.21. The van der Waals surface area contributed by atoms with Gasteiger partial charge >= 0.3 is 6.03 Å². The smallest absolute Gasteiger partial charge is 0.324 e. The fraction of sp³-hybridized carbons (Fsp3) is 0.267. The highest BCUT2D eigenvalue weighted by Gasteiger charge is 2.22. The first-order valence-electron chi connectivity index (χ1n) is 12.7. The molecule has 0 atom stereocenters. The lowest BCUT2D eigenvalue weighted by molar-refractivity contribution is 0.0963. The predicted molar refractivity (Wildman–Crippen MR) is 151 cm³/mol. The molecule has 2 heterocycles. The van der Waals surface area contributed by atoms with E-state index in [1.807, 2.05) is 18.2 Å². The molecule has 0 fully saturated rings. The number of carbonyl (C=O) groups excluding carboxylic acids is 2. The minimum atomic E-state index is -0.425. The van der Waals surface area contributed by atoms with Crippen molar-refractivity contribution >= 4 is 23.3 Å². The third kappa shape index (κ3) is 7.52. The molecule has 4 rings (SSSR count). The number of nitrogens with zero attached hydrogens (tertiary/aromatic N) is 3. The van der Waals surface area contributed by atoms with Gasteiger partial charge in [0, 0.05) is 55.3 Å². The predicted octanol–water partition coefficient (Wildman–Crippen LogP) is 6.61. The zero-order valence-electron chi connectivity index (χ0n) is 22.6. The molecule has 0 bridgehead atoms. The Bertz CT molecular complexity index is 1410. The van der Waals surface area contributed by atoms with Crippen LogP contribution < -0.4 is 15.4 Å². The van der Waals surface area contributed by atoms with Gasteiger partial charge < -0.3 is 14.8 Å². The van der Waals surface area contributed by atoms with E-state index in [2.05, 4.69) is 36.4 Å². The topological polar surface area (TPSA) is 107 Å². The van der Waals surface area contributed by atoms with Gasteiger partial charge in [-0.25, -0.2) is 9.48 Å². The molecule has 2 aromatic carbocycles. The molecule has 9 heteroatoms. The molecule has 2 amide bonds. The summed E-state index contributed by atoms with van der Waals surface area (Å²) in [5.41, 5.74) is 2.40. The Morgan fingerprint density at radius 2 is 1.64 bits per heavy atom. The summed E-state index contributed by atoms with van der Waals surface area (Å²) in [5.74, 6) is 1.82. The van der Waals surface area contributed by atoms with E-state index in [1.54, 1.807) is 72.7 Å². The van der Waals surface area contributed by atoms with E-state index in [-0.39, 0.29) is 11.2 Å². The average molecular weight is 528 g/mol. The van der Waals surface area contributed by atoms with E-state index in [1.165, 1.54) is 0 Å². The second-order valence-corrected chi connectivity index (χ2v) is 10.0. The number of ketones is 1. The third-order valence-electron chi connectivity index (χ3n) is 5.88. The summed E-state index contributed by atoms with van der Waals surface area (Å²) in [6, 6.07) is 19.3. The number of amides is 2. The quantitative estimate of drug-likeness (QED) is 0.177. The molecule has 0 radical (unpaired) electrons. The zero-order chi connectivity index (χ0) is 27.8.